The Morgan fingerprint density at radius 3 is 2.86 bits per heavy atom. The lowest BCUT2D eigenvalue weighted by atomic mass is 10.3. The largest absolute Gasteiger partial charge is 0.313 e. The number of nitrogens with zero attached hydrogens (tertiary/aromatic N) is 1. The molecule has 1 aromatic rings. The molecule has 1 atom stereocenters. The first-order chi connectivity index (χ1) is 6.45. The van der Waals surface area contributed by atoms with Crippen LogP contribution in [-0.2, 0) is 0 Å². The summed E-state index contributed by atoms with van der Waals surface area (Å²) in [6.07, 6.45) is 6.37. The molecule has 1 unspecified atom stereocenters. The first-order valence-corrected chi connectivity index (χ1v) is 5.70. The number of halogens is 1. The van der Waals surface area contributed by atoms with Crippen LogP contribution in [0.1, 0.15) is 12.8 Å². The van der Waals surface area contributed by atoms with Crippen LogP contribution in [0.15, 0.2) is 29.4 Å². The van der Waals surface area contributed by atoms with Crippen molar-refractivity contribution in [1.82, 2.24) is 10.3 Å². The van der Waals surface area contributed by atoms with E-state index in [-0.39, 0.29) is 12.4 Å². The fourth-order valence-electron chi connectivity index (χ4n) is 1.53. The van der Waals surface area contributed by atoms with Gasteiger partial charge >= 0.3 is 0 Å². The summed E-state index contributed by atoms with van der Waals surface area (Å²) in [5.41, 5.74) is 0. The van der Waals surface area contributed by atoms with Gasteiger partial charge in [-0.2, -0.15) is 0 Å². The molecule has 14 heavy (non-hydrogen) atoms. The molecule has 0 bridgehead atoms. The van der Waals surface area contributed by atoms with E-state index in [1.165, 1.54) is 30.0 Å². The van der Waals surface area contributed by atoms with E-state index in [4.69, 9.17) is 0 Å². The van der Waals surface area contributed by atoms with Crippen LogP contribution in [0.25, 0.3) is 0 Å². The van der Waals surface area contributed by atoms with E-state index < -0.39 is 0 Å². The monoisotopic (exact) mass is 230 g/mol. The summed E-state index contributed by atoms with van der Waals surface area (Å²) in [6, 6.07) is 4.86. The minimum Gasteiger partial charge on any atom is -0.313 e. The van der Waals surface area contributed by atoms with E-state index in [9.17, 15) is 0 Å². The third-order valence-electron chi connectivity index (χ3n) is 2.26. The van der Waals surface area contributed by atoms with Crippen molar-refractivity contribution in [1.29, 1.82) is 0 Å². The lowest BCUT2D eigenvalue weighted by molar-refractivity contribution is 0.674. The van der Waals surface area contributed by atoms with Crippen molar-refractivity contribution in [2.75, 3.05) is 12.3 Å². The summed E-state index contributed by atoms with van der Waals surface area (Å²) in [5.74, 6) is 1.18. The summed E-state index contributed by atoms with van der Waals surface area (Å²) in [4.78, 5) is 5.32. The second kappa shape index (κ2) is 6.27. The van der Waals surface area contributed by atoms with Crippen LogP contribution < -0.4 is 5.32 Å². The Morgan fingerprint density at radius 2 is 2.21 bits per heavy atom. The third-order valence-corrected chi connectivity index (χ3v) is 3.44. The Hall–Kier alpha value is -0.250. The second-order valence-electron chi connectivity index (χ2n) is 3.29. The molecule has 0 spiro atoms. The molecule has 2 heterocycles. The molecule has 1 aromatic heterocycles. The molecule has 1 aliphatic heterocycles. The smallest absolute Gasteiger partial charge is 0.0278 e. The van der Waals surface area contributed by atoms with Crippen molar-refractivity contribution in [2.24, 2.45) is 0 Å². The standard InChI is InChI=1S/C10H14N2S.ClH/c1-2-9(12-5-1)8-13-10-3-6-11-7-4-10;/h3-4,6-7,9,12H,1-2,5,8H2;1H. The first kappa shape index (κ1) is 11.8. The predicted molar refractivity (Wildman–Crippen MR) is 63.2 cm³/mol. The fraction of sp³-hybridized carbons (Fsp3) is 0.500. The van der Waals surface area contributed by atoms with Crippen LogP contribution in [-0.4, -0.2) is 23.3 Å². The molecule has 78 valence electrons. The summed E-state index contributed by atoms with van der Waals surface area (Å²) in [6.45, 7) is 1.20. The van der Waals surface area contributed by atoms with Gasteiger partial charge in [0.25, 0.3) is 0 Å². The van der Waals surface area contributed by atoms with Gasteiger partial charge in [-0.25, -0.2) is 0 Å². The normalized spacial score (nSPS) is 20.4. The van der Waals surface area contributed by atoms with Gasteiger partial charge in [0, 0.05) is 29.1 Å². The quantitative estimate of drug-likeness (QED) is 0.807. The molecule has 0 radical (unpaired) electrons. The van der Waals surface area contributed by atoms with E-state index in [1.807, 2.05) is 24.2 Å². The lowest BCUT2D eigenvalue weighted by Gasteiger charge is -2.08. The van der Waals surface area contributed by atoms with Gasteiger partial charge < -0.3 is 5.32 Å². The van der Waals surface area contributed by atoms with Gasteiger partial charge in [0.05, 0.1) is 0 Å². The van der Waals surface area contributed by atoms with Crippen LogP contribution >= 0.6 is 24.2 Å². The molecule has 1 saturated heterocycles. The van der Waals surface area contributed by atoms with Crippen LogP contribution in [0.3, 0.4) is 0 Å². The molecule has 0 aliphatic carbocycles. The average Bonchev–Trinajstić information content (AvgIpc) is 2.69. The number of rotatable bonds is 3. The zero-order chi connectivity index (χ0) is 8.93. The van der Waals surface area contributed by atoms with Crippen LogP contribution in [0, 0.1) is 0 Å². The summed E-state index contributed by atoms with van der Waals surface area (Å²) in [5, 5.41) is 3.49. The maximum absolute atomic E-state index is 4.00. The molecule has 1 fully saturated rings. The van der Waals surface area contributed by atoms with Gasteiger partial charge in [-0.15, -0.1) is 24.2 Å². The van der Waals surface area contributed by atoms with E-state index in [2.05, 4.69) is 22.4 Å². The number of hydrogen-bond donors (Lipinski definition) is 1. The molecule has 0 aromatic carbocycles. The highest BCUT2D eigenvalue weighted by Gasteiger charge is 2.13. The first-order valence-electron chi connectivity index (χ1n) is 4.71. The lowest BCUT2D eigenvalue weighted by Crippen LogP contribution is -2.23. The maximum Gasteiger partial charge on any atom is 0.0278 e. The van der Waals surface area contributed by atoms with Gasteiger partial charge in [0.2, 0.25) is 0 Å². The number of hydrogen-bond acceptors (Lipinski definition) is 3. The third kappa shape index (κ3) is 3.48. The molecule has 1 aliphatic rings. The van der Waals surface area contributed by atoms with Gasteiger partial charge in [-0.3, -0.25) is 4.98 Å². The van der Waals surface area contributed by atoms with Gasteiger partial charge in [-0.1, -0.05) is 0 Å². The number of pyridine rings is 1. The zero-order valence-corrected chi connectivity index (χ0v) is 9.61. The highest BCUT2D eigenvalue weighted by molar-refractivity contribution is 7.99. The van der Waals surface area contributed by atoms with E-state index in [0.717, 1.165) is 6.04 Å². The molecule has 4 heteroatoms. The molecule has 0 saturated carbocycles. The van der Waals surface area contributed by atoms with Gasteiger partial charge in [0.1, 0.15) is 0 Å². The van der Waals surface area contributed by atoms with E-state index in [0.29, 0.717) is 0 Å². The molecule has 2 nitrogen and oxygen atoms in total. The predicted octanol–water partition coefficient (Wildman–Crippen LogP) is 2.35. The molecular weight excluding hydrogens is 216 g/mol. The van der Waals surface area contributed by atoms with Crippen molar-refractivity contribution in [3.63, 3.8) is 0 Å². The Balaban J connectivity index is 0.000000980. The van der Waals surface area contributed by atoms with Crippen molar-refractivity contribution < 1.29 is 0 Å². The topological polar surface area (TPSA) is 24.9 Å². The van der Waals surface area contributed by atoms with Crippen LogP contribution in [0.5, 0.6) is 0 Å². The van der Waals surface area contributed by atoms with E-state index >= 15 is 0 Å². The fourth-order valence-corrected chi connectivity index (χ4v) is 2.52. The number of nitrogens with one attached hydrogen (secondary N) is 1. The van der Waals surface area contributed by atoms with Gasteiger partial charge in [-0.05, 0) is 31.5 Å². The highest BCUT2D eigenvalue weighted by Crippen LogP contribution is 2.20. The van der Waals surface area contributed by atoms with Crippen molar-refractivity contribution in [2.45, 2.75) is 23.8 Å². The van der Waals surface area contributed by atoms with Crippen molar-refractivity contribution >= 4 is 24.2 Å². The van der Waals surface area contributed by atoms with Gasteiger partial charge in [0.15, 0.2) is 0 Å². The zero-order valence-electron chi connectivity index (χ0n) is 7.98. The van der Waals surface area contributed by atoms with Crippen molar-refractivity contribution in [3.8, 4) is 0 Å². The van der Waals surface area contributed by atoms with E-state index in [1.54, 1.807) is 0 Å². The molecular formula is C10H15ClN2S. The van der Waals surface area contributed by atoms with Crippen molar-refractivity contribution in [3.05, 3.63) is 24.5 Å². The summed E-state index contributed by atoms with van der Waals surface area (Å²) in [7, 11) is 0. The SMILES string of the molecule is Cl.c1cc(SCC2CCCN2)ccn1. The van der Waals surface area contributed by atoms with Crippen LogP contribution in [0.4, 0.5) is 0 Å². The Labute approximate surface area is 95.3 Å². The highest BCUT2D eigenvalue weighted by atomic mass is 35.5. The summed E-state index contributed by atoms with van der Waals surface area (Å²) >= 11 is 1.92. The molecule has 1 N–H and O–H groups in total. The molecule has 2 rings (SSSR count). The Bertz CT molecular complexity index is 250. The minimum absolute atomic E-state index is 0. The second-order valence-corrected chi connectivity index (χ2v) is 4.38. The summed E-state index contributed by atoms with van der Waals surface area (Å²) < 4.78 is 0. The molecule has 0 amide bonds. The minimum atomic E-state index is 0. The number of aromatic nitrogens is 1. The Kier molecular flexibility index (Phi) is 5.30. The maximum atomic E-state index is 4.00. The van der Waals surface area contributed by atoms with Crippen LogP contribution in [0.2, 0.25) is 0 Å². The Morgan fingerprint density at radius 1 is 1.43 bits per heavy atom. The number of thioether (sulfide) groups is 1. The average molecular weight is 231 g/mol.